The number of allylic oxidation sites excluding steroid dienone is 1. The Kier molecular flexibility index (Phi) is 3.25. The fourth-order valence-corrected chi connectivity index (χ4v) is 3.46. The highest BCUT2D eigenvalue weighted by Crippen LogP contribution is 2.29. The number of rotatable bonds is 2. The summed E-state index contributed by atoms with van der Waals surface area (Å²) in [6.07, 6.45) is 2.08. The molecule has 104 valence electrons. The molecule has 0 bridgehead atoms. The van der Waals surface area contributed by atoms with Crippen LogP contribution in [0.2, 0.25) is 0 Å². The van der Waals surface area contributed by atoms with Gasteiger partial charge in [0.1, 0.15) is 5.65 Å². The van der Waals surface area contributed by atoms with Gasteiger partial charge in [0.25, 0.3) is 5.56 Å². The monoisotopic (exact) mass is 288 g/mol. The van der Waals surface area contributed by atoms with Gasteiger partial charge < -0.3 is 5.73 Å². The average Bonchev–Trinajstić information content (AvgIpc) is 2.92. The topological polar surface area (TPSA) is 73.8 Å². The van der Waals surface area contributed by atoms with E-state index in [4.69, 9.17) is 5.73 Å². The summed E-state index contributed by atoms with van der Waals surface area (Å²) in [5.41, 5.74) is 7.98. The summed E-state index contributed by atoms with van der Waals surface area (Å²) >= 11 is 1.73. The van der Waals surface area contributed by atoms with Gasteiger partial charge >= 0.3 is 0 Å². The molecule has 0 saturated carbocycles. The van der Waals surface area contributed by atoms with Gasteiger partial charge in [-0.3, -0.25) is 9.36 Å². The zero-order valence-corrected chi connectivity index (χ0v) is 12.3. The molecule has 0 radical (unpaired) electrons. The lowest BCUT2D eigenvalue weighted by atomic mass is 10.0. The molecule has 5 nitrogen and oxygen atoms in total. The van der Waals surface area contributed by atoms with E-state index in [0.717, 1.165) is 22.4 Å². The molecular formula is C14H16N4OS. The molecule has 3 heterocycles. The molecule has 0 amide bonds. The van der Waals surface area contributed by atoms with E-state index in [2.05, 4.69) is 21.5 Å². The molecule has 20 heavy (non-hydrogen) atoms. The highest BCUT2D eigenvalue weighted by atomic mass is 32.2. The Morgan fingerprint density at radius 3 is 2.95 bits per heavy atom. The number of nitrogens with zero attached hydrogens (tertiary/aromatic N) is 3. The fraction of sp³-hybridized carbons (Fsp3) is 0.357. The van der Waals surface area contributed by atoms with Crippen molar-refractivity contribution >= 4 is 28.7 Å². The molecule has 3 rings (SSSR count). The van der Waals surface area contributed by atoms with Crippen molar-refractivity contribution in [1.29, 1.82) is 0 Å². The molecule has 1 atom stereocenters. The van der Waals surface area contributed by atoms with Crippen LogP contribution in [-0.2, 0) is 6.54 Å². The van der Waals surface area contributed by atoms with Gasteiger partial charge in [0.15, 0.2) is 0 Å². The van der Waals surface area contributed by atoms with Gasteiger partial charge in [0.05, 0.1) is 5.69 Å². The Bertz CT molecular complexity index is 766. The number of hydrogen-bond donors (Lipinski definition) is 1. The maximum atomic E-state index is 12.6. The smallest absolute Gasteiger partial charge is 0.256 e. The zero-order valence-electron chi connectivity index (χ0n) is 11.5. The third-order valence-corrected chi connectivity index (χ3v) is 4.48. The third kappa shape index (κ3) is 2.00. The second kappa shape index (κ2) is 4.94. The average molecular weight is 288 g/mol. The minimum atomic E-state index is 0.0228. The number of anilines is 1. The van der Waals surface area contributed by atoms with Crippen LogP contribution in [0.3, 0.4) is 0 Å². The van der Waals surface area contributed by atoms with Crippen molar-refractivity contribution in [3.05, 3.63) is 39.2 Å². The highest BCUT2D eigenvalue weighted by Gasteiger charge is 2.20. The predicted molar refractivity (Wildman–Crippen MR) is 83.0 cm³/mol. The summed E-state index contributed by atoms with van der Waals surface area (Å²) in [6.45, 7) is 4.41. The van der Waals surface area contributed by atoms with Crippen LogP contribution in [0, 0.1) is 6.92 Å². The molecular weight excluding hydrogens is 272 g/mol. The van der Waals surface area contributed by atoms with Crippen LogP contribution in [0.25, 0.3) is 11.0 Å². The van der Waals surface area contributed by atoms with Crippen molar-refractivity contribution in [2.75, 3.05) is 11.5 Å². The molecule has 0 spiro atoms. The van der Waals surface area contributed by atoms with Crippen molar-refractivity contribution in [1.82, 2.24) is 14.5 Å². The second-order valence-corrected chi connectivity index (χ2v) is 5.76. The van der Waals surface area contributed by atoms with Crippen LogP contribution in [0.5, 0.6) is 0 Å². The lowest BCUT2D eigenvalue weighted by molar-refractivity contribution is 0.731. The zero-order chi connectivity index (χ0) is 14.3. The van der Waals surface area contributed by atoms with Crippen LogP contribution in [0.15, 0.2) is 22.3 Å². The van der Waals surface area contributed by atoms with E-state index >= 15 is 0 Å². The normalized spacial score (nSPS) is 18.0. The Morgan fingerprint density at radius 2 is 2.30 bits per heavy atom. The molecule has 6 heteroatoms. The largest absolute Gasteiger partial charge is 0.368 e. The van der Waals surface area contributed by atoms with Gasteiger partial charge in [-0.2, -0.15) is 4.98 Å². The number of nitrogen functional groups attached to an aromatic ring is 1. The van der Waals surface area contributed by atoms with Crippen molar-refractivity contribution in [2.24, 2.45) is 0 Å². The van der Waals surface area contributed by atoms with Crippen molar-refractivity contribution < 1.29 is 0 Å². The predicted octanol–water partition coefficient (Wildman–Crippen LogP) is 2.05. The maximum Gasteiger partial charge on any atom is 0.256 e. The van der Waals surface area contributed by atoms with Gasteiger partial charge in [-0.05, 0) is 25.3 Å². The van der Waals surface area contributed by atoms with E-state index < -0.39 is 0 Å². The first-order valence-corrected chi connectivity index (χ1v) is 7.62. The number of aromatic nitrogens is 3. The van der Waals surface area contributed by atoms with E-state index in [9.17, 15) is 4.79 Å². The fourth-order valence-electron chi connectivity index (χ4n) is 2.55. The van der Waals surface area contributed by atoms with E-state index in [-0.39, 0.29) is 17.4 Å². The summed E-state index contributed by atoms with van der Waals surface area (Å²) in [4.78, 5) is 21.1. The Labute approximate surface area is 120 Å². The Hall–Kier alpha value is -1.82. The van der Waals surface area contributed by atoms with Gasteiger partial charge in [0, 0.05) is 29.2 Å². The molecule has 2 aromatic rings. The maximum absolute atomic E-state index is 12.6. The molecule has 1 unspecified atom stereocenters. The van der Waals surface area contributed by atoms with Crippen LogP contribution in [-0.4, -0.2) is 20.3 Å². The first kappa shape index (κ1) is 13.2. The van der Waals surface area contributed by atoms with E-state index in [1.807, 2.05) is 19.9 Å². The standard InChI is InChI=1S/C14H16N4OS/c1-3-18-12-10(8(2)16-14(15)17-12)6-11(13(18)19)9-4-5-20-7-9/h4-6,9H,3,7H2,1-2H3,(H2,15,16,17). The molecule has 1 aliphatic rings. The number of aryl methyl sites for hydroxylation is 2. The Morgan fingerprint density at radius 1 is 1.50 bits per heavy atom. The molecule has 0 fully saturated rings. The van der Waals surface area contributed by atoms with E-state index in [1.54, 1.807) is 16.3 Å². The lowest BCUT2D eigenvalue weighted by Gasteiger charge is -2.14. The quantitative estimate of drug-likeness (QED) is 0.915. The minimum Gasteiger partial charge on any atom is -0.368 e. The van der Waals surface area contributed by atoms with Crippen molar-refractivity contribution in [3.8, 4) is 0 Å². The first-order chi connectivity index (χ1) is 9.61. The second-order valence-electron chi connectivity index (χ2n) is 4.82. The molecule has 1 aliphatic heterocycles. The summed E-state index contributed by atoms with van der Waals surface area (Å²) in [5, 5.41) is 2.96. The summed E-state index contributed by atoms with van der Waals surface area (Å²) in [5.74, 6) is 1.30. The molecule has 0 saturated heterocycles. The Balaban J connectivity index is 2.36. The summed E-state index contributed by atoms with van der Waals surface area (Å²) in [7, 11) is 0. The number of thioether (sulfide) groups is 1. The van der Waals surface area contributed by atoms with Crippen molar-refractivity contribution in [3.63, 3.8) is 0 Å². The van der Waals surface area contributed by atoms with Gasteiger partial charge in [-0.25, -0.2) is 4.98 Å². The molecule has 0 aliphatic carbocycles. The minimum absolute atomic E-state index is 0.0228. The summed E-state index contributed by atoms with van der Waals surface area (Å²) in [6, 6.07) is 1.93. The van der Waals surface area contributed by atoms with E-state index in [0.29, 0.717) is 12.2 Å². The molecule has 0 aromatic carbocycles. The van der Waals surface area contributed by atoms with Crippen LogP contribution in [0.1, 0.15) is 24.1 Å². The third-order valence-electron chi connectivity index (χ3n) is 3.58. The van der Waals surface area contributed by atoms with Crippen LogP contribution >= 0.6 is 11.8 Å². The number of pyridine rings is 1. The summed E-state index contributed by atoms with van der Waals surface area (Å²) < 4.78 is 1.69. The lowest BCUT2D eigenvalue weighted by Crippen LogP contribution is -2.26. The van der Waals surface area contributed by atoms with Gasteiger partial charge in [-0.15, -0.1) is 11.8 Å². The van der Waals surface area contributed by atoms with Crippen molar-refractivity contribution in [2.45, 2.75) is 26.3 Å². The SMILES string of the molecule is CCn1c(=O)c(C2C=CSC2)cc2c(C)nc(N)nc21. The molecule has 2 N–H and O–H groups in total. The number of nitrogens with two attached hydrogens (primary N) is 1. The number of hydrogen-bond acceptors (Lipinski definition) is 5. The van der Waals surface area contributed by atoms with Crippen LogP contribution in [0.4, 0.5) is 5.95 Å². The van der Waals surface area contributed by atoms with Crippen LogP contribution < -0.4 is 11.3 Å². The van der Waals surface area contributed by atoms with E-state index in [1.165, 1.54) is 0 Å². The van der Waals surface area contributed by atoms with Gasteiger partial charge in [-0.1, -0.05) is 6.08 Å². The van der Waals surface area contributed by atoms with Gasteiger partial charge in [0.2, 0.25) is 5.95 Å². The first-order valence-electron chi connectivity index (χ1n) is 6.57. The number of fused-ring (bicyclic) bond motifs is 1. The molecule has 2 aromatic heterocycles. The highest BCUT2D eigenvalue weighted by molar-refractivity contribution is 8.02.